The lowest BCUT2D eigenvalue weighted by Crippen LogP contribution is -2.56. The lowest BCUT2D eigenvalue weighted by atomic mass is 9.92. The second kappa shape index (κ2) is 14.0. The van der Waals surface area contributed by atoms with Crippen LogP contribution >= 0.6 is 0 Å². The van der Waals surface area contributed by atoms with Crippen LogP contribution in [0.1, 0.15) is 36.8 Å². The Balaban J connectivity index is 1.06. The molecule has 226 valence electrons. The largest absolute Gasteiger partial charge is 0.493 e. The number of hydrogen-bond acceptors (Lipinski definition) is 8. The zero-order valence-corrected chi connectivity index (χ0v) is 24.7. The Hall–Kier alpha value is -3.63. The van der Waals surface area contributed by atoms with Crippen molar-refractivity contribution in [1.29, 1.82) is 0 Å². The van der Waals surface area contributed by atoms with Crippen molar-refractivity contribution >= 4 is 17.9 Å². The molecule has 1 atom stereocenters. The molecule has 10 heteroatoms. The van der Waals surface area contributed by atoms with Crippen LogP contribution in [0.3, 0.4) is 0 Å². The average molecular weight is 579 g/mol. The molecule has 0 aliphatic carbocycles. The molecular weight excluding hydrogens is 536 g/mol. The third-order valence-electron chi connectivity index (χ3n) is 8.71. The molecule has 0 aromatic heterocycles. The van der Waals surface area contributed by atoms with Crippen molar-refractivity contribution < 1.29 is 28.6 Å². The number of ether oxygens (including phenoxy) is 3. The van der Waals surface area contributed by atoms with E-state index < -0.39 is 0 Å². The van der Waals surface area contributed by atoms with Gasteiger partial charge in [0.1, 0.15) is 6.61 Å². The summed E-state index contributed by atoms with van der Waals surface area (Å²) >= 11 is 0. The monoisotopic (exact) mass is 578 g/mol. The fourth-order valence-electron chi connectivity index (χ4n) is 6.22. The summed E-state index contributed by atoms with van der Waals surface area (Å²) in [5, 5.41) is 0. The number of piperazine rings is 1. The van der Waals surface area contributed by atoms with Crippen molar-refractivity contribution in [3.8, 4) is 11.5 Å². The molecule has 3 saturated heterocycles. The maximum atomic E-state index is 13.5. The number of carbonyl (C=O) groups is 3. The molecular formula is C32H42N4O6. The minimum Gasteiger partial charge on any atom is -0.493 e. The van der Waals surface area contributed by atoms with Gasteiger partial charge in [0.2, 0.25) is 11.8 Å². The SMILES string of the molecule is COc1ccc(CN2C(=O)CCC(N3CCC(CN4CCN(C(=O)OCc5ccccc5)CC4)CC3)C2=O)cc1OC. The molecule has 0 saturated carbocycles. The lowest BCUT2D eigenvalue weighted by molar-refractivity contribution is -0.154. The second-order valence-electron chi connectivity index (χ2n) is 11.4. The molecule has 2 aromatic rings. The summed E-state index contributed by atoms with van der Waals surface area (Å²) in [7, 11) is 3.15. The molecule has 3 fully saturated rings. The Morgan fingerprint density at radius 3 is 2.24 bits per heavy atom. The highest BCUT2D eigenvalue weighted by Crippen LogP contribution is 2.30. The fraction of sp³-hybridized carbons (Fsp3) is 0.531. The Bertz CT molecular complexity index is 1220. The molecule has 0 bridgehead atoms. The number of hydrogen-bond donors (Lipinski definition) is 0. The normalized spacial score (nSPS) is 21.0. The van der Waals surface area contributed by atoms with Gasteiger partial charge in [-0.3, -0.25) is 24.3 Å². The van der Waals surface area contributed by atoms with Gasteiger partial charge in [-0.1, -0.05) is 36.4 Å². The highest BCUT2D eigenvalue weighted by molar-refractivity contribution is 6.00. The van der Waals surface area contributed by atoms with Crippen LogP contribution in [0.5, 0.6) is 11.5 Å². The number of benzene rings is 2. The zero-order chi connectivity index (χ0) is 29.5. The van der Waals surface area contributed by atoms with Crippen LogP contribution in [0.2, 0.25) is 0 Å². The van der Waals surface area contributed by atoms with E-state index in [2.05, 4.69) is 9.80 Å². The van der Waals surface area contributed by atoms with Crippen LogP contribution in [0, 0.1) is 5.92 Å². The van der Waals surface area contributed by atoms with Gasteiger partial charge in [-0.15, -0.1) is 0 Å². The smallest absolute Gasteiger partial charge is 0.410 e. The highest BCUT2D eigenvalue weighted by atomic mass is 16.6. The number of rotatable bonds is 9. The van der Waals surface area contributed by atoms with Gasteiger partial charge < -0.3 is 19.1 Å². The third-order valence-corrected chi connectivity index (χ3v) is 8.71. The first-order valence-corrected chi connectivity index (χ1v) is 14.9. The van der Waals surface area contributed by atoms with Crippen molar-refractivity contribution in [2.75, 3.05) is 60.0 Å². The predicted molar refractivity (Wildman–Crippen MR) is 157 cm³/mol. The minimum atomic E-state index is -0.255. The number of amides is 3. The van der Waals surface area contributed by atoms with Gasteiger partial charge >= 0.3 is 6.09 Å². The number of nitrogens with zero attached hydrogens (tertiary/aromatic N) is 4. The summed E-state index contributed by atoms with van der Waals surface area (Å²) < 4.78 is 16.2. The summed E-state index contributed by atoms with van der Waals surface area (Å²) in [5.41, 5.74) is 1.82. The number of likely N-dealkylation sites (tertiary alicyclic amines) is 2. The van der Waals surface area contributed by atoms with E-state index >= 15 is 0 Å². The summed E-state index contributed by atoms with van der Waals surface area (Å²) in [6, 6.07) is 15.0. The first-order valence-electron chi connectivity index (χ1n) is 14.9. The minimum absolute atomic E-state index is 0.102. The van der Waals surface area contributed by atoms with Gasteiger partial charge in [-0.25, -0.2) is 4.79 Å². The predicted octanol–water partition coefficient (Wildman–Crippen LogP) is 3.39. The molecule has 3 aliphatic heterocycles. The van der Waals surface area contributed by atoms with Gasteiger partial charge in [0.15, 0.2) is 11.5 Å². The van der Waals surface area contributed by atoms with Gasteiger partial charge in [0.05, 0.1) is 26.8 Å². The number of carbonyl (C=O) groups excluding carboxylic acids is 3. The van der Waals surface area contributed by atoms with E-state index in [1.165, 1.54) is 4.90 Å². The standard InChI is InChI=1S/C32H42N4O6/c1-40-28-10-8-26(20-29(28)41-2)22-36-30(37)11-9-27(31(36)38)34-14-12-24(13-15-34)21-33-16-18-35(19-17-33)32(39)42-23-25-6-4-3-5-7-25/h3-8,10,20,24,27H,9,11-19,21-23H2,1-2H3. The van der Waals surface area contributed by atoms with Crippen LogP contribution in [-0.4, -0.2) is 104 Å². The maximum Gasteiger partial charge on any atom is 0.410 e. The molecule has 3 amide bonds. The van der Waals surface area contributed by atoms with E-state index in [-0.39, 0.29) is 30.5 Å². The second-order valence-corrected chi connectivity index (χ2v) is 11.4. The quantitative estimate of drug-likeness (QED) is 0.419. The van der Waals surface area contributed by atoms with Crippen molar-refractivity contribution in [1.82, 2.24) is 19.6 Å². The molecule has 3 aliphatic rings. The molecule has 2 aromatic carbocycles. The van der Waals surface area contributed by atoms with Crippen LogP contribution in [0.15, 0.2) is 48.5 Å². The zero-order valence-electron chi connectivity index (χ0n) is 24.7. The van der Waals surface area contributed by atoms with Crippen molar-refractivity contribution in [3.05, 3.63) is 59.7 Å². The highest BCUT2D eigenvalue weighted by Gasteiger charge is 2.39. The van der Waals surface area contributed by atoms with Crippen LogP contribution in [0.25, 0.3) is 0 Å². The van der Waals surface area contributed by atoms with E-state index in [1.54, 1.807) is 25.2 Å². The summed E-state index contributed by atoms with van der Waals surface area (Å²) in [6.45, 7) is 6.27. The lowest BCUT2D eigenvalue weighted by Gasteiger charge is -2.42. The molecule has 42 heavy (non-hydrogen) atoms. The average Bonchev–Trinajstić information content (AvgIpc) is 3.03. The van der Waals surface area contributed by atoms with Gasteiger partial charge in [-0.05, 0) is 61.5 Å². The van der Waals surface area contributed by atoms with Crippen LogP contribution < -0.4 is 9.47 Å². The first kappa shape index (κ1) is 29.8. The van der Waals surface area contributed by atoms with Gasteiger partial charge in [-0.2, -0.15) is 0 Å². The fourth-order valence-corrected chi connectivity index (χ4v) is 6.22. The Kier molecular flexibility index (Phi) is 9.97. The molecule has 1 unspecified atom stereocenters. The van der Waals surface area contributed by atoms with Crippen LogP contribution in [0.4, 0.5) is 4.79 Å². The van der Waals surface area contributed by atoms with Crippen LogP contribution in [-0.2, 0) is 27.5 Å². The number of imide groups is 1. The molecule has 10 nitrogen and oxygen atoms in total. The number of methoxy groups -OCH3 is 2. The Labute approximate surface area is 248 Å². The van der Waals surface area contributed by atoms with E-state index in [9.17, 15) is 14.4 Å². The Morgan fingerprint density at radius 1 is 0.833 bits per heavy atom. The first-order chi connectivity index (χ1) is 20.4. The van der Waals surface area contributed by atoms with E-state index in [4.69, 9.17) is 14.2 Å². The van der Waals surface area contributed by atoms with Crippen molar-refractivity contribution in [2.24, 2.45) is 5.92 Å². The Morgan fingerprint density at radius 2 is 1.55 bits per heavy atom. The molecule has 0 radical (unpaired) electrons. The molecule has 0 spiro atoms. The van der Waals surface area contributed by atoms with Crippen molar-refractivity contribution in [3.63, 3.8) is 0 Å². The van der Waals surface area contributed by atoms with E-state index in [1.807, 2.05) is 42.5 Å². The molecule has 0 N–H and O–H groups in total. The number of piperidine rings is 2. The summed E-state index contributed by atoms with van der Waals surface area (Å²) in [6.07, 6.45) is 2.75. The van der Waals surface area contributed by atoms with E-state index in [0.717, 1.165) is 56.7 Å². The summed E-state index contributed by atoms with van der Waals surface area (Å²) in [5.74, 6) is 1.52. The molecule has 3 heterocycles. The maximum absolute atomic E-state index is 13.5. The van der Waals surface area contributed by atoms with Gasteiger partial charge in [0, 0.05) is 39.1 Å². The molecule has 5 rings (SSSR count). The van der Waals surface area contributed by atoms with Gasteiger partial charge in [0.25, 0.3) is 0 Å². The topological polar surface area (TPSA) is 91.9 Å². The van der Waals surface area contributed by atoms with E-state index in [0.29, 0.717) is 50.0 Å². The summed E-state index contributed by atoms with van der Waals surface area (Å²) in [4.78, 5) is 46.7. The third kappa shape index (κ3) is 7.22. The van der Waals surface area contributed by atoms with Crippen molar-refractivity contribution in [2.45, 2.75) is 44.9 Å².